The Morgan fingerprint density at radius 3 is 2.24 bits per heavy atom. The quantitative estimate of drug-likeness (QED) is 0.348. The molecule has 0 bridgehead atoms. The summed E-state index contributed by atoms with van der Waals surface area (Å²) in [7, 11) is 2.76. The number of benzene rings is 1. The van der Waals surface area contributed by atoms with Crippen LogP contribution in [0.2, 0.25) is 0 Å². The van der Waals surface area contributed by atoms with Gasteiger partial charge in [0.05, 0.1) is 6.04 Å². The molecule has 0 radical (unpaired) electrons. The number of carbonyl (C=O) groups excluding carboxylic acids is 6. The Kier molecular flexibility index (Phi) is 4.42. The summed E-state index contributed by atoms with van der Waals surface area (Å²) in [5, 5.41) is 4.05. The summed E-state index contributed by atoms with van der Waals surface area (Å²) in [6.45, 7) is 0.661. The third-order valence-electron chi connectivity index (χ3n) is 6.90. The molecule has 170 valence electrons. The number of hydrogen-bond donors (Lipinski definition) is 2. The number of rotatable bonds is 1. The molecule has 4 aliphatic rings. The lowest BCUT2D eigenvalue weighted by molar-refractivity contribution is -0.159. The molecule has 0 aromatic heterocycles. The molecule has 5 rings (SSSR count). The fraction of sp³-hybridized carbons (Fsp3) is 0.364. The Bertz CT molecular complexity index is 1160. The minimum Gasteiger partial charge on any atom is -0.367 e. The largest absolute Gasteiger partial charge is 0.367 e. The van der Waals surface area contributed by atoms with Crippen molar-refractivity contribution in [3.05, 3.63) is 34.9 Å². The highest BCUT2D eigenvalue weighted by molar-refractivity contribution is 6.31. The number of imide groups is 4. The third-order valence-corrected chi connectivity index (χ3v) is 6.90. The van der Waals surface area contributed by atoms with Gasteiger partial charge in [-0.25, -0.2) is 9.59 Å². The van der Waals surface area contributed by atoms with Crippen LogP contribution >= 0.6 is 0 Å². The lowest BCUT2D eigenvalue weighted by Crippen LogP contribution is -2.70. The highest BCUT2D eigenvalue weighted by Crippen LogP contribution is 2.49. The molecule has 1 atom stereocenters. The van der Waals surface area contributed by atoms with Gasteiger partial charge >= 0.3 is 12.1 Å². The van der Waals surface area contributed by atoms with E-state index < -0.39 is 41.1 Å². The number of carbonyl (C=O) groups is 6. The number of hydrogen-bond acceptors (Lipinski definition) is 7. The fourth-order valence-electron chi connectivity index (χ4n) is 5.40. The molecule has 0 unspecified atom stereocenters. The molecule has 2 N–H and O–H groups in total. The van der Waals surface area contributed by atoms with Gasteiger partial charge in [0, 0.05) is 26.3 Å². The highest BCUT2D eigenvalue weighted by atomic mass is 16.2. The Morgan fingerprint density at radius 1 is 0.970 bits per heavy atom. The van der Waals surface area contributed by atoms with Gasteiger partial charge in [0.1, 0.15) is 5.57 Å². The number of fused-ring (bicyclic) bond motifs is 4. The molecule has 3 saturated heterocycles. The Balaban J connectivity index is 1.60. The molecule has 1 spiro atoms. The van der Waals surface area contributed by atoms with Gasteiger partial charge in [0.25, 0.3) is 11.8 Å². The monoisotopic (exact) mass is 451 g/mol. The average Bonchev–Trinajstić information content (AvgIpc) is 3.28. The summed E-state index contributed by atoms with van der Waals surface area (Å²) in [6, 6.07) is 3.40. The van der Waals surface area contributed by atoms with Crippen LogP contribution < -0.4 is 15.5 Å². The molecular formula is C22H21N5O6. The van der Waals surface area contributed by atoms with Crippen LogP contribution in [-0.4, -0.2) is 72.2 Å². The van der Waals surface area contributed by atoms with E-state index in [1.807, 2.05) is 21.6 Å². The Morgan fingerprint density at radius 2 is 1.61 bits per heavy atom. The molecule has 8 amide bonds. The molecule has 0 saturated carbocycles. The summed E-state index contributed by atoms with van der Waals surface area (Å²) in [5.41, 5.74) is 0.422. The van der Waals surface area contributed by atoms with Crippen molar-refractivity contribution in [1.29, 1.82) is 0 Å². The van der Waals surface area contributed by atoms with Crippen LogP contribution in [0.3, 0.4) is 0 Å². The lowest BCUT2D eigenvalue weighted by atomic mass is 9.68. The van der Waals surface area contributed by atoms with Crippen molar-refractivity contribution < 1.29 is 28.8 Å². The summed E-state index contributed by atoms with van der Waals surface area (Å²) in [6.07, 6.45) is 2.89. The van der Waals surface area contributed by atoms with Gasteiger partial charge in [-0.05, 0) is 48.6 Å². The number of nitrogens with zero attached hydrogens (tertiary/aromatic N) is 3. The van der Waals surface area contributed by atoms with E-state index in [0.717, 1.165) is 21.9 Å². The summed E-state index contributed by atoms with van der Waals surface area (Å²) in [4.78, 5) is 78.7. The number of amides is 8. The zero-order chi connectivity index (χ0) is 23.7. The van der Waals surface area contributed by atoms with Crippen molar-refractivity contribution in [2.45, 2.75) is 25.3 Å². The van der Waals surface area contributed by atoms with E-state index in [1.165, 1.54) is 20.2 Å². The molecule has 1 aromatic rings. The van der Waals surface area contributed by atoms with Gasteiger partial charge < -0.3 is 4.90 Å². The van der Waals surface area contributed by atoms with E-state index in [4.69, 9.17) is 0 Å². The molecule has 4 aliphatic heterocycles. The van der Waals surface area contributed by atoms with Crippen LogP contribution in [0.4, 0.5) is 15.3 Å². The molecule has 1 aromatic carbocycles. The van der Waals surface area contributed by atoms with Crippen LogP contribution in [-0.2, 0) is 25.6 Å². The number of barbiturate groups is 2. The number of anilines is 1. The van der Waals surface area contributed by atoms with Crippen LogP contribution in [0.5, 0.6) is 0 Å². The normalized spacial score (nSPS) is 24.1. The standard InChI is InChI=1S/C22H21N5O6/c1-25-18(30)22(19(31)26(2)21(25)33)10-12-8-11(5-6-14(12)27-7-3-4-15(22)27)9-13-16(28)23-20(32)24-17(13)29/h5-6,8-9,15H,3-4,7,10H2,1-2H3,(H2,23,24,28,29,32)/t15-/m0/s1. The fourth-order valence-corrected chi connectivity index (χ4v) is 5.40. The second-order valence-corrected chi connectivity index (χ2v) is 8.69. The molecule has 4 heterocycles. The van der Waals surface area contributed by atoms with E-state index in [-0.39, 0.29) is 18.0 Å². The summed E-state index contributed by atoms with van der Waals surface area (Å²) in [5.74, 6) is -2.66. The van der Waals surface area contributed by atoms with Gasteiger partial charge in [0.2, 0.25) is 11.8 Å². The maximum absolute atomic E-state index is 13.4. The molecule has 33 heavy (non-hydrogen) atoms. The van der Waals surface area contributed by atoms with E-state index in [2.05, 4.69) is 0 Å². The molecule has 11 heteroatoms. The number of nitrogens with one attached hydrogen (secondary N) is 2. The zero-order valence-electron chi connectivity index (χ0n) is 18.0. The van der Waals surface area contributed by atoms with Crippen LogP contribution in [0, 0.1) is 5.41 Å². The van der Waals surface area contributed by atoms with Gasteiger partial charge in [-0.15, -0.1) is 0 Å². The minimum atomic E-state index is -1.43. The van der Waals surface area contributed by atoms with Crippen LogP contribution in [0.15, 0.2) is 23.8 Å². The maximum Gasteiger partial charge on any atom is 0.332 e. The predicted molar refractivity (Wildman–Crippen MR) is 114 cm³/mol. The van der Waals surface area contributed by atoms with E-state index >= 15 is 0 Å². The van der Waals surface area contributed by atoms with Crippen LogP contribution in [0.1, 0.15) is 24.0 Å². The van der Waals surface area contributed by atoms with Gasteiger partial charge in [0.15, 0.2) is 5.41 Å². The van der Waals surface area contributed by atoms with Crippen molar-refractivity contribution in [3.8, 4) is 0 Å². The van der Waals surface area contributed by atoms with E-state index in [0.29, 0.717) is 24.1 Å². The molecule has 3 fully saturated rings. The van der Waals surface area contributed by atoms with E-state index in [1.54, 1.807) is 12.1 Å². The SMILES string of the molecule is CN1C(=O)N(C)C(=O)C2(Cc3cc(C=C4C(=O)NC(=O)NC4=O)ccc3N3CCC[C@H]32)C1=O. The molecular weight excluding hydrogens is 430 g/mol. The first-order chi connectivity index (χ1) is 15.6. The maximum atomic E-state index is 13.4. The first kappa shape index (κ1) is 20.9. The number of urea groups is 2. The third kappa shape index (κ3) is 2.81. The lowest BCUT2D eigenvalue weighted by Gasteiger charge is -2.50. The summed E-state index contributed by atoms with van der Waals surface area (Å²) >= 11 is 0. The highest BCUT2D eigenvalue weighted by Gasteiger charge is 2.63. The summed E-state index contributed by atoms with van der Waals surface area (Å²) < 4.78 is 0. The average molecular weight is 451 g/mol. The van der Waals surface area contributed by atoms with Gasteiger partial charge in [-0.2, -0.15) is 0 Å². The first-order valence-corrected chi connectivity index (χ1v) is 10.5. The molecule has 0 aliphatic carbocycles. The topological polar surface area (TPSA) is 136 Å². The molecule has 11 nitrogen and oxygen atoms in total. The van der Waals surface area contributed by atoms with Crippen molar-refractivity contribution in [1.82, 2.24) is 20.4 Å². The van der Waals surface area contributed by atoms with E-state index in [9.17, 15) is 28.8 Å². The van der Waals surface area contributed by atoms with Crippen molar-refractivity contribution >= 4 is 47.5 Å². The van der Waals surface area contributed by atoms with Gasteiger partial charge in [-0.1, -0.05) is 6.07 Å². The second-order valence-electron chi connectivity index (χ2n) is 8.69. The van der Waals surface area contributed by atoms with Crippen molar-refractivity contribution in [2.24, 2.45) is 5.41 Å². The predicted octanol–water partition coefficient (Wildman–Crippen LogP) is -0.00230. The zero-order valence-corrected chi connectivity index (χ0v) is 18.0. The van der Waals surface area contributed by atoms with Gasteiger partial charge in [-0.3, -0.25) is 39.6 Å². The smallest absolute Gasteiger partial charge is 0.332 e. The minimum absolute atomic E-state index is 0.0943. The Labute approximate surface area is 188 Å². The first-order valence-electron chi connectivity index (χ1n) is 10.5. The van der Waals surface area contributed by atoms with Crippen molar-refractivity contribution in [3.63, 3.8) is 0 Å². The van der Waals surface area contributed by atoms with Crippen molar-refractivity contribution in [2.75, 3.05) is 25.5 Å². The van der Waals surface area contributed by atoms with Crippen LogP contribution in [0.25, 0.3) is 6.08 Å². The second kappa shape index (κ2) is 6.99. The Hall–Kier alpha value is -4.02.